The minimum Gasteiger partial charge on any atom is -0.267 e. The third-order valence-corrected chi connectivity index (χ3v) is 5.66. The van der Waals surface area contributed by atoms with Crippen LogP contribution in [0.15, 0.2) is 23.3 Å². The number of carbonyl (C=O) groups is 1. The molecule has 1 aliphatic rings. The Morgan fingerprint density at radius 3 is 2.43 bits per heavy atom. The van der Waals surface area contributed by atoms with Crippen LogP contribution in [0, 0.1) is 25.2 Å². The van der Waals surface area contributed by atoms with Crippen LogP contribution in [0.2, 0.25) is 0 Å². The molecule has 1 N–H and O–H groups in total. The Morgan fingerprint density at radius 2 is 1.87 bits per heavy atom. The molecular weight excluding hydrogens is 284 g/mol. The molecule has 1 aromatic rings. The monoisotopic (exact) mass is 314 g/mol. The quantitative estimate of drug-likeness (QED) is 0.779. The molecule has 1 saturated carbocycles. The number of aryl methyl sites for hydroxylation is 2. The van der Waals surface area contributed by atoms with Crippen molar-refractivity contribution in [1.29, 1.82) is 0 Å². The first-order chi connectivity index (χ1) is 10.8. The molecule has 126 valence electrons. The second-order valence-corrected chi connectivity index (χ2v) is 7.53. The summed E-state index contributed by atoms with van der Waals surface area (Å²) in [6.45, 7) is 11.1. The molecule has 1 aliphatic carbocycles. The number of nitrogens with zero attached hydrogens (tertiary/aromatic N) is 1. The van der Waals surface area contributed by atoms with Crippen LogP contribution in [0.1, 0.15) is 74.4 Å². The lowest BCUT2D eigenvalue weighted by atomic mass is 9.69. The molecule has 0 atom stereocenters. The van der Waals surface area contributed by atoms with Gasteiger partial charge in [0.15, 0.2) is 0 Å². The molecular formula is C20H30N2O. The van der Waals surface area contributed by atoms with Crippen molar-refractivity contribution in [2.45, 2.75) is 66.7 Å². The summed E-state index contributed by atoms with van der Waals surface area (Å²) in [7, 11) is 0. The minimum absolute atomic E-state index is 0.114. The fourth-order valence-corrected chi connectivity index (χ4v) is 3.21. The largest absolute Gasteiger partial charge is 0.271 e. The molecule has 0 radical (unpaired) electrons. The zero-order chi connectivity index (χ0) is 17.0. The van der Waals surface area contributed by atoms with Gasteiger partial charge in [0.25, 0.3) is 5.91 Å². The Labute approximate surface area is 140 Å². The van der Waals surface area contributed by atoms with Crippen LogP contribution in [0.3, 0.4) is 0 Å². The van der Waals surface area contributed by atoms with Crippen LogP contribution in [0.4, 0.5) is 0 Å². The van der Waals surface area contributed by atoms with Gasteiger partial charge in [-0.2, -0.15) is 5.10 Å². The highest BCUT2D eigenvalue weighted by atomic mass is 16.2. The molecule has 3 nitrogen and oxygen atoms in total. The Morgan fingerprint density at radius 1 is 1.22 bits per heavy atom. The lowest BCUT2D eigenvalue weighted by Crippen LogP contribution is -2.29. The molecule has 0 aliphatic heterocycles. The topological polar surface area (TPSA) is 41.5 Å². The van der Waals surface area contributed by atoms with Gasteiger partial charge in [0.05, 0.1) is 0 Å². The third kappa shape index (κ3) is 4.43. The van der Waals surface area contributed by atoms with E-state index in [-0.39, 0.29) is 5.91 Å². The van der Waals surface area contributed by atoms with Crippen molar-refractivity contribution in [2.24, 2.45) is 16.4 Å². The van der Waals surface area contributed by atoms with E-state index in [1.165, 1.54) is 24.8 Å². The van der Waals surface area contributed by atoms with Gasteiger partial charge in [0, 0.05) is 11.3 Å². The Hall–Kier alpha value is -1.64. The van der Waals surface area contributed by atoms with Gasteiger partial charge in [-0.1, -0.05) is 33.3 Å². The van der Waals surface area contributed by atoms with E-state index in [2.05, 4.69) is 31.3 Å². The van der Waals surface area contributed by atoms with E-state index in [1.807, 2.05) is 32.0 Å². The molecule has 0 saturated heterocycles. The van der Waals surface area contributed by atoms with E-state index in [4.69, 9.17) is 0 Å². The SMILES string of the molecule is CCC(C)(C)C1CCC(=NNC(=O)c2ccc(C)c(C)c2)CC1. The number of hydrogen-bond acceptors (Lipinski definition) is 2. The van der Waals surface area contributed by atoms with Crippen LogP contribution in [-0.4, -0.2) is 11.6 Å². The molecule has 0 heterocycles. The van der Waals surface area contributed by atoms with Gasteiger partial charge >= 0.3 is 0 Å². The van der Waals surface area contributed by atoms with Crippen molar-refractivity contribution in [3.63, 3.8) is 0 Å². The fourth-order valence-electron chi connectivity index (χ4n) is 3.21. The summed E-state index contributed by atoms with van der Waals surface area (Å²) in [4.78, 5) is 12.2. The fraction of sp³-hybridized carbons (Fsp3) is 0.600. The lowest BCUT2D eigenvalue weighted by Gasteiger charge is -2.36. The highest BCUT2D eigenvalue weighted by Gasteiger charge is 2.30. The summed E-state index contributed by atoms with van der Waals surface area (Å²) < 4.78 is 0. The second-order valence-electron chi connectivity index (χ2n) is 7.53. The lowest BCUT2D eigenvalue weighted by molar-refractivity contribution is 0.0954. The molecule has 1 amide bonds. The van der Waals surface area contributed by atoms with Gasteiger partial charge < -0.3 is 0 Å². The van der Waals surface area contributed by atoms with Crippen LogP contribution in [-0.2, 0) is 0 Å². The predicted octanol–water partition coefficient (Wildman–Crippen LogP) is 5.02. The summed E-state index contributed by atoms with van der Waals surface area (Å²) in [5.41, 5.74) is 7.28. The molecule has 23 heavy (non-hydrogen) atoms. The normalized spacial score (nSPS) is 18.7. The third-order valence-electron chi connectivity index (χ3n) is 5.66. The van der Waals surface area contributed by atoms with Crippen molar-refractivity contribution < 1.29 is 4.79 Å². The van der Waals surface area contributed by atoms with Gasteiger partial charge in [-0.15, -0.1) is 0 Å². The molecule has 0 aromatic heterocycles. The molecule has 0 unspecified atom stereocenters. The van der Waals surface area contributed by atoms with Crippen molar-refractivity contribution in [3.05, 3.63) is 34.9 Å². The molecule has 1 fully saturated rings. The zero-order valence-corrected chi connectivity index (χ0v) is 15.2. The first-order valence-electron chi connectivity index (χ1n) is 8.76. The van der Waals surface area contributed by atoms with Gasteiger partial charge in [0.1, 0.15) is 0 Å². The maximum Gasteiger partial charge on any atom is 0.271 e. The van der Waals surface area contributed by atoms with Crippen LogP contribution >= 0.6 is 0 Å². The molecule has 2 rings (SSSR count). The van der Waals surface area contributed by atoms with Gasteiger partial charge in [0.2, 0.25) is 0 Å². The Bertz CT molecular complexity index is 592. The van der Waals surface area contributed by atoms with E-state index >= 15 is 0 Å². The second kappa shape index (κ2) is 7.29. The van der Waals surface area contributed by atoms with Crippen LogP contribution in [0.25, 0.3) is 0 Å². The van der Waals surface area contributed by atoms with Gasteiger partial charge in [-0.05, 0) is 74.1 Å². The molecule has 0 bridgehead atoms. The standard InChI is InChI=1S/C20H30N2O/c1-6-20(4,5)17-9-11-18(12-10-17)21-22-19(23)16-8-7-14(2)15(3)13-16/h7-8,13,17H,6,9-12H2,1-5H3,(H,22,23). The first kappa shape index (κ1) is 17.7. The molecule has 0 spiro atoms. The number of nitrogens with one attached hydrogen (secondary N) is 1. The molecule has 3 heteroatoms. The van der Waals surface area contributed by atoms with Crippen molar-refractivity contribution in [1.82, 2.24) is 5.43 Å². The smallest absolute Gasteiger partial charge is 0.267 e. The summed E-state index contributed by atoms with van der Waals surface area (Å²) >= 11 is 0. The van der Waals surface area contributed by atoms with Crippen molar-refractivity contribution in [3.8, 4) is 0 Å². The molecule has 1 aromatic carbocycles. The highest BCUT2D eigenvalue weighted by Crippen LogP contribution is 2.39. The first-order valence-corrected chi connectivity index (χ1v) is 8.76. The number of amides is 1. The maximum absolute atomic E-state index is 12.2. The highest BCUT2D eigenvalue weighted by molar-refractivity contribution is 5.95. The zero-order valence-electron chi connectivity index (χ0n) is 15.2. The van der Waals surface area contributed by atoms with Crippen LogP contribution in [0.5, 0.6) is 0 Å². The number of rotatable bonds is 4. The summed E-state index contributed by atoms with van der Waals surface area (Å²) in [6.07, 6.45) is 5.58. The van der Waals surface area contributed by atoms with Crippen LogP contribution < -0.4 is 5.43 Å². The van der Waals surface area contributed by atoms with E-state index in [0.717, 1.165) is 30.0 Å². The van der Waals surface area contributed by atoms with Crippen molar-refractivity contribution >= 4 is 11.6 Å². The van der Waals surface area contributed by atoms with E-state index in [9.17, 15) is 4.79 Å². The van der Waals surface area contributed by atoms with Crippen molar-refractivity contribution in [2.75, 3.05) is 0 Å². The Kier molecular flexibility index (Phi) is 5.61. The average molecular weight is 314 g/mol. The predicted molar refractivity (Wildman–Crippen MR) is 96.8 cm³/mol. The van der Waals surface area contributed by atoms with Gasteiger partial charge in [-0.25, -0.2) is 5.43 Å². The average Bonchev–Trinajstić information content (AvgIpc) is 2.55. The maximum atomic E-state index is 12.2. The summed E-state index contributed by atoms with van der Waals surface area (Å²) in [5.74, 6) is 0.651. The number of benzene rings is 1. The van der Waals surface area contributed by atoms with E-state index in [0.29, 0.717) is 11.0 Å². The summed E-state index contributed by atoms with van der Waals surface area (Å²) in [5, 5.41) is 4.37. The van der Waals surface area contributed by atoms with Gasteiger partial charge in [-0.3, -0.25) is 4.79 Å². The Balaban J connectivity index is 1.92. The number of hydrazone groups is 1. The summed E-state index contributed by atoms with van der Waals surface area (Å²) in [6, 6.07) is 5.76. The number of hydrogen-bond donors (Lipinski definition) is 1. The van der Waals surface area contributed by atoms with E-state index in [1.54, 1.807) is 0 Å². The minimum atomic E-state index is -0.114. The van der Waals surface area contributed by atoms with E-state index < -0.39 is 0 Å². The number of carbonyl (C=O) groups excluding carboxylic acids is 1.